The largest absolute Gasteiger partial charge is 0.349 e. The lowest BCUT2D eigenvalue weighted by Gasteiger charge is -2.38. The molecule has 0 spiro atoms. The van der Waals surface area contributed by atoms with E-state index in [1.54, 1.807) is 35.8 Å². The van der Waals surface area contributed by atoms with Gasteiger partial charge in [-0.3, -0.25) is 25.2 Å². The summed E-state index contributed by atoms with van der Waals surface area (Å²) in [5.74, 6) is -1.28. The highest BCUT2D eigenvalue weighted by Crippen LogP contribution is 2.30. The zero-order valence-corrected chi connectivity index (χ0v) is 21.5. The third-order valence-corrected chi connectivity index (χ3v) is 8.27. The van der Waals surface area contributed by atoms with Crippen molar-refractivity contribution >= 4 is 40.5 Å². The number of aliphatic imine (C=N–C) groups is 1. The maximum Gasteiger partial charge on any atom is 0.290 e. The molecule has 188 valence electrons. The Bertz CT molecular complexity index is 1230. The van der Waals surface area contributed by atoms with Gasteiger partial charge >= 0.3 is 0 Å². The van der Waals surface area contributed by atoms with E-state index >= 15 is 0 Å². The van der Waals surface area contributed by atoms with Crippen LogP contribution in [-0.4, -0.2) is 35.2 Å². The van der Waals surface area contributed by atoms with Gasteiger partial charge in [0, 0.05) is 35.4 Å². The van der Waals surface area contributed by atoms with Gasteiger partial charge in [-0.2, -0.15) is 0 Å². The zero-order chi connectivity index (χ0) is 25.1. The molecule has 10 heteroatoms. The molecule has 2 amide bonds. The Balaban J connectivity index is 1.13. The van der Waals surface area contributed by atoms with Crippen molar-refractivity contribution in [3.63, 3.8) is 0 Å². The van der Waals surface area contributed by atoms with E-state index in [1.165, 1.54) is 6.07 Å². The molecular weight excluding hydrogens is 497 g/mol. The minimum absolute atomic E-state index is 0.214. The quantitative estimate of drug-likeness (QED) is 0.394. The fourth-order valence-corrected chi connectivity index (χ4v) is 6.25. The van der Waals surface area contributed by atoms with E-state index in [0.717, 1.165) is 59.1 Å². The Morgan fingerprint density at radius 2 is 2.00 bits per heavy atom. The smallest absolute Gasteiger partial charge is 0.290 e. The molecule has 2 aromatic rings. The Kier molecular flexibility index (Phi) is 7.38. The van der Waals surface area contributed by atoms with Crippen molar-refractivity contribution < 1.29 is 14.0 Å². The summed E-state index contributed by atoms with van der Waals surface area (Å²) >= 11 is 2.52. The first-order valence-electron chi connectivity index (χ1n) is 12.0. The number of thioether (sulfide) groups is 1. The summed E-state index contributed by atoms with van der Waals surface area (Å²) in [4.78, 5) is 29.3. The molecule has 5 rings (SSSR count). The van der Waals surface area contributed by atoms with Crippen LogP contribution in [0, 0.1) is 5.82 Å². The van der Waals surface area contributed by atoms with Crippen molar-refractivity contribution in [3.8, 4) is 10.4 Å². The molecule has 3 aliphatic rings. The molecule has 2 aliphatic heterocycles. The van der Waals surface area contributed by atoms with Crippen LogP contribution in [0.15, 0.2) is 63.5 Å². The van der Waals surface area contributed by atoms with Crippen molar-refractivity contribution in [1.29, 1.82) is 0 Å². The number of nitrogens with zero attached hydrogens (tertiary/aromatic N) is 1. The third-order valence-electron chi connectivity index (χ3n) is 6.56. The van der Waals surface area contributed by atoms with Crippen LogP contribution in [0.2, 0.25) is 0 Å². The Labute approximate surface area is 217 Å². The molecule has 1 saturated carbocycles. The van der Waals surface area contributed by atoms with Crippen LogP contribution in [0.1, 0.15) is 38.2 Å². The lowest BCUT2D eigenvalue weighted by molar-refractivity contribution is -0.115. The van der Waals surface area contributed by atoms with Crippen molar-refractivity contribution in [2.75, 3.05) is 0 Å². The van der Waals surface area contributed by atoms with Crippen molar-refractivity contribution in [1.82, 2.24) is 21.3 Å². The van der Waals surface area contributed by atoms with E-state index in [-0.39, 0.29) is 17.0 Å². The Morgan fingerprint density at radius 3 is 2.72 bits per heavy atom. The first-order valence-corrected chi connectivity index (χ1v) is 13.7. The fourth-order valence-electron chi connectivity index (χ4n) is 4.80. The number of hydrogen-bond acceptors (Lipinski definition) is 8. The van der Waals surface area contributed by atoms with Crippen LogP contribution in [0.4, 0.5) is 9.18 Å². The number of hydrogen-bond donors (Lipinski definition) is 4. The molecule has 1 unspecified atom stereocenters. The molecule has 1 saturated heterocycles. The number of imide groups is 1. The van der Waals surface area contributed by atoms with Gasteiger partial charge in [0.25, 0.3) is 11.1 Å². The van der Waals surface area contributed by atoms with E-state index in [4.69, 9.17) is 0 Å². The van der Waals surface area contributed by atoms with E-state index in [2.05, 4.69) is 26.3 Å². The number of halogens is 1. The van der Waals surface area contributed by atoms with Gasteiger partial charge in [0.15, 0.2) is 5.79 Å². The lowest BCUT2D eigenvalue weighted by Crippen LogP contribution is -2.58. The number of amides is 2. The number of thiophene rings is 1. The van der Waals surface area contributed by atoms with Crippen LogP contribution in [0.5, 0.6) is 0 Å². The highest BCUT2D eigenvalue weighted by Gasteiger charge is 2.32. The highest BCUT2D eigenvalue weighted by molar-refractivity contribution is 8.18. The average Bonchev–Trinajstić information content (AvgIpc) is 3.49. The SMILES string of the molecule is CC1(NC2CCC(NCc3ccc(F)cc3-c3cccs3)CC2)N=CC=C(/C=C2\SC(=O)NC2=O)N1. The van der Waals surface area contributed by atoms with Crippen molar-refractivity contribution in [2.45, 2.75) is 57.0 Å². The predicted molar refractivity (Wildman–Crippen MR) is 143 cm³/mol. The molecule has 2 fully saturated rings. The standard InChI is InChI=1S/C26H28FN5O2S2/c1-26(29-11-10-20(32-26)14-23-24(33)30-25(34)36-23)31-19-8-6-18(7-9-19)28-15-16-4-5-17(27)13-21(16)22-3-2-12-35-22/h2-5,10-14,18-19,28,31-32H,6-9,15H2,1H3,(H,30,33,34)/b23-14-. The van der Waals surface area contributed by atoms with Gasteiger partial charge < -0.3 is 10.6 Å². The molecule has 1 aromatic heterocycles. The summed E-state index contributed by atoms with van der Waals surface area (Å²) in [5.41, 5.74) is 2.79. The van der Waals surface area contributed by atoms with Gasteiger partial charge in [-0.25, -0.2) is 4.39 Å². The fraction of sp³-hybridized carbons (Fsp3) is 0.346. The Morgan fingerprint density at radius 1 is 1.19 bits per heavy atom. The zero-order valence-electron chi connectivity index (χ0n) is 19.8. The molecule has 36 heavy (non-hydrogen) atoms. The molecule has 1 aliphatic carbocycles. The van der Waals surface area contributed by atoms with Crippen LogP contribution in [0.3, 0.4) is 0 Å². The van der Waals surface area contributed by atoms with Gasteiger partial charge in [-0.1, -0.05) is 12.1 Å². The molecule has 1 aromatic carbocycles. The minimum Gasteiger partial charge on any atom is -0.349 e. The second-order valence-electron chi connectivity index (χ2n) is 9.30. The van der Waals surface area contributed by atoms with E-state index in [9.17, 15) is 14.0 Å². The van der Waals surface area contributed by atoms with E-state index in [1.807, 2.05) is 30.5 Å². The second-order valence-corrected chi connectivity index (χ2v) is 11.3. The van der Waals surface area contributed by atoms with Gasteiger partial charge in [0.05, 0.1) is 4.91 Å². The summed E-state index contributed by atoms with van der Waals surface area (Å²) in [6, 6.07) is 9.74. The summed E-state index contributed by atoms with van der Waals surface area (Å²) in [5, 5.41) is 14.6. The molecule has 0 bridgehead atoms. The molecule has 7 nitrogen and oxygen atoms in total. The van der Waals surface area contributed by atoms with E-state index < -0.39 is 5.79 Å². The normalized spacial score (nSPS) is 27.2. The minimum atomic E-state index is -0.695. The molecule has 3 heterocycles. The van der Waals surface area contributed by atoms with Crippen LogP contribution >= 0.6 is 23.1 Å². The number of carbonyl (C=O) groups is 2. The molecular formula is C26H28FN5O2S2. The monoisotopic (exact) mass is 525 g/mol. The maximum absolute atomic E-state index is 13.9. The summed E-state index contributed by atoms with van der Waals surface area (Å²) in [7, 11) is 0. The summed E-state index contributed by atoms with van der Waals surface area (Å²) in [6.45, 7) is 2.67. The first-order chi connectivity index (χ1) is 17.4. The van der Waals surface area contributed by atoms with Crippen LogP contribution in [-0.2, 0) is 11.3 Å². The number of carbonyl (C=O) groups excluding carboxylic acids is 2. The van der Waals surface area contributed by atoms with E-state index in [0.29, 0.717) is 23.5 Å². The van der Waals surface area contributed by atoms with Crippen molar-refractivity contribution in [3.05, 3.63) is 69.8 Å². The predicted octanol–water partition coefficient (Wildman–Crippen LogP) is 4.64. The number of allylic oxidation sites excluding steroid dienone is 2. The lowest BCUT2D eigenvalue weighted by atomic mass is 9.90. The topological polar surface area (TPSA) is 94.6 Å². The number of nitrogens with one attached hydrogen (secondary N) is 4. The van der Waals surface area contributed by atoms with Crippen LogP contribution < -0.4 is 21.3 Å². The molecule has 1 atom stereocenters. The Hall–Kier alpha value is -2.79. The summed E-state index contributed by atoms with van der Waals surface area (Å²) in [6.07, 6.45) is 9.23. The van der Waals surface area contributed by atoms with Gasteiger partial charge in [-0.15, -0.1) is 11.3 Å². The second kappa shape index (κ2) is 10.7. The maximum atomic E-state index is 13.9. The third kappa shape index (κ3) is 5.95. The summed E-state index contributed by atoms with van der Waals surface area (Å²) < 4.78 is 13.9. The molecule has 0 radical (unpaired) electrons. The van der Waals surface area contributed by atoms with Gasteiger partial charge in [-0.05, 0) is 91.2 Å². The highest BCUT2D eigenvalue weighted by atomic mass is 32.2. The number of rotatable bonds is 7. The van der Waals surface area contributed by atoms with Crippen LogP contribution in [0.25, 0.3) is 10.4 Å². The molecule has 4 N–H and O–H groups in total. The first kappa shape index (κ1) is 24.9. The average molecular weight is 526 g/mol. The van der Waals surface area contributed by atoms with Gasteiger partial charge in [0.2, 0.25) is 0 Å². The van der Waals surface area contributed by atoms with Gasteiger partial charge in [0.1, 0.15) is 5.82 Å². The van der Waals surface area contributed by atoms with Crippen molar-refractivity contribution in [2.24, 2.45) is 4.99 Å². The number of benzene rings is 1.